The van der Waals surface area contributed by atoms with E-state index in [1.807, 2.05) is 19.1 Å². The molecule has 1 aliphatic heterocycles. The average Bonchev–Trinajstić information content (AvgIpc) is 2.41. The van der Waals surface area contributed by atoms with Crippen LogP contribution in [-0.4, -0.2) is 12.9 Å². The van der Waals surface area contributed by atoms with Gasteiger partial charge in [0.05, 0.1) is 5.41 Å². The highest BCUT2D eigenvalue weighted by Crippen LogP contribution is 2.44. The zero-order valence-corrected chi connectivity index (χ0v) is 10.8. The Kier molecular flexibility index (Phi) is 2.77. The minimum Gasteiger partial charge on any atom is -0.464 e. The van der Waals surface area contributed by atoms with E-state index in [0.717, 1.165) is 10.2 Å². The molecule has 1 aromatic carbocycles. The molecule has 1 aliphatic rings. The summed E-state index contributed by atoms with van der Waals surface area (Å²) in [5.41, 5.74) is 1.12. The lowest BCUT2D eigenvalue weighted by molar-refractivity contribution is -0.0981. The number of hydrogen-bond donors (Lipinski definition) is 0. The first-order valence-electron chi connectivity index (χ1n) is 5.14. The van der Waals surface area contributed by atoms with Crippen molar-refractivity contribution in [3.05, 3.63) is 28.2 Å². The summed E-state index contributed by atoms with van der Waals surface area (Å²) in [6.45, 7) is 6.94. The van der Waals surface area contributed by atoms with E-state index in [-0.39, 0.29) is 11.7 Å². The van der Waals surface area contributed by atoms with E-state index in [4.69, 9.17) is 9.47 Å². The zero-order valence-electron chi connectivity index (χ0n) is 9.21. The van der Waals surface area contributed by atoms with Gasteiger partial charge in [0.25, 0.3) is 0 Å². The fourth-order valence-electron chi connectivity index (χ4n) is 1.89. The number of benzene rings is 1. The SMILES string of the molecule is CCOC1Oc2ccc(Br)cc2C1(C)C. The van der Waals surface area contributed by atoms with Crippen LogP contribution in [0, 0.1) is 0 Å². The maximum absolute atomic E-state index is 5.77. The van der Waals surface area contributed by atoms with Crippen LogP contribution in [-0.2, 0) is 10.2 Å². The smallest absolute Gasteiger partial charge is 0.209 e. The third-order valence-corrected chi connectivity index (χ3v) is 3.27. The Labute approximate surface area is 98.7 Å². The molecule has 1 aromatic rings. The van der Waals surface area contributed by atoms with Gasteiger partial charge < -0.3 is 9.47 Å². The Bertz CT molecular complexity index is 374. The highest BCUT2D eigenvalue weighted by atomic mass is 79.9. The molecule has 0 spiro atoms. The molecule has 82 valence electrons. The number of fused-ring (bicyclic) bond motifs is 1. The summed E-state index contributed by atoms with van der Waals surface area (Å²) in [4.78, 5) is 0. The van der Waals surface area contributed by atoms with Gasteiger partial charge in [0.1, 0.15) is 5.75 Å². The molecule has 15 heavy (non-hydrogen) atoms. The topological polar surface area (TPSA) is 18.5 Å². The van der Waals surface area contributed by atoms with Crippen molar-refractivity contribution in [2.24, 2.45) is 0 Å². The normalized spacial score (nSPS) is 22.3. The molecule has 1 heterocycles. The highest BCUT2D eigenvalue weighted by Gasteiger charge is 2.42. The molecule has 2 rings (SSSR count). The molecule has 0 bridgehead atoms. The summed E-state index contributed by atoms with van der Waals surface area (Å²) in [5.74, 6) is 0.932. The molecule has 0 aliphatic carbocycles. The van der Waals surface area contributed by atoms with E-state index in [1.54, 1.807) is 0 Å². The number of rotatable bonds is 2. The monoisotopic (exact) mass is 270 g/mol. The van der Waals surface area contributed by atoms with Crippen LogP contribution >= 0.6 is 15.9 Å². The first-order chi connectivity index (χ1) is 7.05. The van der Waals surface area contributed by atoms with Crippen molar-refractivity contribution in [1.82, 2.24) is 0 Å². The molecule has 0 saturated heterocycles. The van der Waals surface area contributed by atoms with Gasteiger partial charge in [-0.05, 0) is 39.0 Å². The van der Waals surface area contributed by atoms with Gasteiger partial charge in [-0.25, -0.2) is 0 Å². The maximum atomic E-state index is 5.77. The maximum Gasteiger partial charge on any atom is 0.209 e. The summed E-state index contributed by atoms with van der Waals surface area (Å²) in [5, 5.41) is 0. The van der Waals surface area contributed by atoms with Gasteiger partial charge in [-0.2, -0.15) is 0 Å². The Morgan fingerprint density at radius 3 is 2.87 bits per heavy atom. The standard InChI is InChI=1S/C12H15BrO2/c1-4-14-11-12(2,3)9-7-8(13)5-6-10(9)15-11/h5-7,11H,4H2,1-3H3. The van der Waals surface area contributed by atoms with Crippen LogP contribution in [0.1, 0.15) is 26.3 Å². The second kappa shape index (κ2) is 3.80. The van der Waals surface area contributed by atoms with Crippen molar-refractivity contribution in [3.63, 3.8) is 0 Å². The number of ether oxygens (including phenoxy) is 2. The first-order valence-corrected chi connectivity index (χ1v) is 5.93. The third kappa shape index (κ3) is 1.79. The van der Waals surface area contributed by atoms with E-state index in [9.17, 15) is 0 Å². The minimum atomic E-state index is -0.174. The molecular formula is C12H15BrO2. The van der Waals surface area contributed by atoms with Gasteiger partial charge in [-0.3, -0.25) is 0 Å². The molecule has 0 aromatic heterocycles. The summed E-state index contributed by atoms with van der Waals surface area (Å²) in [6.07, 6.45) is -0.174. The predicted octanol–water partition coefficient (Wildman–Crippen LogP) is 3.48. The summed E-state index contributed by atoms with van der Waals surface area (Å²) in [7, 11) is 0. The van der Waals surface area contributed by atoms with E-state index >= 15 is 0 Å². The van der Waals surface area contributed by atoms with Crippen molar-refractivity contribution in [3.8, 4) is 5.75 Å². The lowest BCUT2D eigenvalue weighted by atomic mass is 9.85. The average molecular weight is 271 g/mol. The van der Waals surface area contributed by atoms with E-state index < -0.39 is 0 Å². The van der Waals surface area contributed by atoms with Gasteiger partial charge in [0.15, 0.2) is 0 Å². The van der Waals surface area contributed by atoms with E-state index in [2.05, 4.69) is 35.8 Å². The van der Waals surface area contributed by atoms with Gasteiger partial charge in [-0.1, -0.05) is 15.9 Å². The van der Waals surface area contributed by atoms with Crippen molar-refractivity contribution in [1.29, 1.82) is 0 Å². The summed E-state index contributed by atoms with van der Waals surface area (Å²) in [6, 6.07) is 6.08. The molecule has 1 unspecified atom stereocenters. The molecule has 0 N–H and O–H groups in total. The van der Waals surface area contributed by atoms with Crippen LogP contribution in [0.5, 0.6) is 5.75 Å². The molecule has 2 nitrogen and oxygen atoms in total. The van der Waals surface area contributed by atoms with Crippen molar-refractivity contribution >= 4 is 15.9 Å². The molecule has 1 atom stereocenters. The molecule has 0 fully saturated rings. The number of halogens is 1. The first kappa shape index (κ1) is 11.0. The van der Waals surface area contributed by atoms with Crippen LogP contribution in [0.15, 0.2) is 22.7 Å². The number of hydrogen-bond acceptors (Lipinski definition) is 2. The quantitative estimate of drug-likeness (QED) is 0.819. The molecular weight excluding hydrogens is 256 g/mol. The Morgan fingerprint density at radius 2 is 2.20 bits per heavy atom. The molecule has 3 heteroatoms. The van der Waals surface area contributed by atoms with Gasteiger partial charge in [0, 0.05) is 16.6 Å². The Hall–Kier alpha value is -0.540. The van der Waals surface area contributed by atoms with Crippen molar-refractivity contribution in [2.75, 3.05) is 6.61 Å². The van der Waals surface area contributed by atoms with Crippen LogP contribution < -0.4 is 4.74 Å². The second-order valence-corrected chi connectivity index (χ2v) is 5.18. The predicted molar refractivity (Wildman–Crippen MR) is 63.2 cm³/mol. The second-order valence-electron chi connectivity index (χ2n) is 4.27. The lowest BCUT2D eigenvalue weighted by Gasteiger charge is -2.25. The van der Waals surface area contributed by atoms with Crippen LogP contribution in [0.4, 0.5) is 0 Å². The van der Waals surface area contributed by atoms with Crippen molar-refractivity contribution in [2.45, 2.75) is 32.5 Å². The fraction of sp³-hybridized carbons (Fsp3) is 0.500. The largest absolute Gasteiger partial charge is 0.464 e. The van der Waals surface area contributed by atoms with Gasteiger partial charge >= 0.3 is 0 Å². The summed E-state index contributed by atoms with van der Waals surface area (Å²) >= 11 is 3.48. The molecule has 0 radical (unpaired) electrons. The Morgan fingerprint density at radius 1 is 1.47 bits per heavy atom. The molecule has 0 amide bonds. The van der Waals surface area contributed by atoms with Crippen LogP contribution in [0.2, 0.25) is 0 Å². The zero-order chi connectivity index (χ0) is 11.1. The van der Waals surface area contributed by atoms with Crippen molar-refractivity contribution < 1.29 is 9.47 Å². The van der Waals surface area contributed by atoms with Gasteiger partial charge in [0.2, 0.25) is 6.29 Å². The van der Waals surface area contributed by atoms with E-state index in [1.165, 1.54) is 5.56 Å². The molecule has 0 saturated carbocycles. The summed E-state index contributed by atoms with van der Waals surface area (Å²) < 4.78 is 12.5. The third-order valence-electron chi connectivity index (χ3n) is 2.78. The van der Waals surface area contributed by atoms with Crippen LogP contribution in [0.25, 0.3) is 0 Å². The van der Waals surface area contributed by atoms with Gasteiger partial charge in [-0.15, -0.1) is 0 Å². The Balaban J connectivity index is 2.39. The lowest BCUT2D eigenvalue weighted by Crippen LogP contribution is -2.34. The minimum absolute atomic E-state index is 0.0882. The fourth-order valence-corrected chi connectivity index (χ4v) is 2.25. The van der Waals surface area contributed by atoms with E-state index in [0.29, 0.717) is 6.61 Å². The van der Waals surface area contributed by atoms with Crippen LogP contribution in [0.3, 0.4) is 0 Å². The highest BCUT2D eigenvalue weighted by molar-refractivity contribution is 9.10.